The van der Waals surface area contributed by atoms with Crippen LogP contribution in [-0.4, -0.2) is 10.9 Å². The summed E-state index contributed by atoms with van der Waals surface area (Å²) in [7, 11) is 0. The maximum Gasteiger partial charge on any atom is 0.255 e. The van der Waals surface area contributed by atoms with Gasteiger partial charge in [0.25, 0.3) is 5.91 Å². The number of anilines is 3. The Bertz CT molecular complexity index is 1520. The van der Waals surface area contributed by atoms with E-state index in [9.17, 15) is 4.79 Å². The highest BCUT2D eigenvalue weighted by atomic mass is 16.1. The fourth-order valence-electron chi connectivity index (χ4n) is 3.91. The molecule has 5 nitrogen and oxygen atoms in total. The monoisotopic (exact) mass is 454 g/mol. The van der Waals surface area contributed by atoms with Crippen molar-refractivity contribution in [1.29, 1.82) is 0 Å². The number of carbonyl (C=O) groups is 1. The Morgan fingerprint density at radius 3 is 2.26 bits per heavy atom. The van der Waals surface area contributed by atoms with Gasteiger partial charge >= 0.3 is 0 Å². The molecule has 0 aliphatic heterocycles. The predicted octanol–water partition coefficient (Wildman–Crippen LogP) is 7.37. The third kappa shape index (κ3) is 5.18. The predicted molar refractivity (Wildman–Crippen MR) is 141 cm³/mol. The van der Waals surface area contributed by atoms with E-state index in [1.165, 1.54) is 11.1 Å². The lowest BCUT2D eigenvalue weighted by molar-refractivity contribution is 0.102. The van der Waals surface area contributed by atoms with E-state index in [1.807, 2.05) is 72.8 Å². The molecule has 1 aromatic heterocycles. The molecule has 1 heterocycles. The number of benzene rings is 4. The highest BCUT2D eigenvalue weighted by Gasteiger charge is 2.08. The van der Waals surface area contributed by atoms with E-state index in [0.717, 1.165) is 34.4 Å². The van der Waals surface area contributed by atoms with Crippen LogP contribution in [0.2, 0.25) is 0 Å². The van der Waals surface area contributed by atoms with Gasteiger partial charge in [-0.25, -0.2) is 4.85 Å². The van der Waals surface area contributed by atoms with E-state index in [4.69, 9.17) is 6.57 Å². The molecule has 0 bridgehead atoms. The number of nitrogens with one attached hydrogen (secondary N) is 2. The van der Waals surface area contributed by atoms with Gasteiger partial charge in [-0.05, 0) is 72.1 Å². The van der Waals surface area contributed by atoms with Crippen molar-refractivity contribution >= 4 is 39.6 Å². The number of hydrogen-bond donors (Lipinski definition) is 2. The van der Waals surface area contributed by atoms with Gasteiger partial charge in [0, 0.05) is 34.2 Å². The number of rotatable bonds is 6. The molecule has 0 fully saturated rings. The largest absolute Gasteiger partial charge is 0.355 e. The molecule has 5 rings (SSSR count). The average molecular weight is 455 g/mol. The summed E-state index contributed by atoms with van der Waals surface area (Å²) >= 11 is 0. The van der Waals surface area contributed by atoms with Crippen molar-refractivity contribution in [2.45, 2.75) is 6.42 Å². The average Bonchev–Trinajstić information content (AvgIpc) is 2.91. The van der Waals surface area contributed by atoms with E-state index in [0.29, 0.717) is 11.3 Å². The van der Waals surface area contributed by atoms with E-state index < -0.39 is 0 Å². The standard InChI is InChI=1S/C30H22N4O/c1-31-26-15-16-28-27(20-26)29(17-18-32-28)33-24-13-9-23(10-14-24)30(35)34-25-11-7-22(8-12-25)19-21-5-3-2-4-6-21/h2-18,20H,19H2,(H,32,33)(H,34,35). The number of carbonyl (C=O) groups excluding carboxylic acids is 1. The van der Waals surface area contributed by atoms with E-state index in [-0.39, 0.29) is 5.91 Å². The van der Waals surface area contributed by atoms with Crippen LogP contribution in [0.25, 0.3) is 15.7 Å². The minimum atomic E-state index is -0.164. The maximum atomic E-state index is 12.7. The molecule has 0 spiro atoms. The van der Waals surface area contributed by atoms with Crippen LogP contribution >= 0.6 is 0 Å². The van der Waals surface area contributed by atoms with Crippen molar-refractivity contribution in [2.24, 2.45) is 0 Å². The van der Waals surface area contributed by atoms with Crippen LogP contribution in [0.4, 0.5) is 22.7 Å². The lowest BCUT2D eigenvalue weighted by Crippen LogP contribution is -2.11. The Morgan fingerprint density at radius 2 is 1.51 bits per heavy atom. The first-order valence-corrected chi connectivity index (χ1v) is 11.3. The molecule has 5 heteroatoms. The topological polar surface area (TPSA) is 58.4 Å². The second-order valence-corrected chi connectivity index (χ2v) is 8.19. The minimum absolute atomic E-state index is 0.164. The molecular formula is C30H22N4O. The SMILES string of the molecule is [C-]#[N+]c1ccc2nccc(Nc3ccc(C(=O)Nc4ccc(Cc5ccccc5)cc4)cc3)c2c1. The molecule has 0 radical (unpaired) electrons. The van der Waals surface area contributed by atoms with E-state index >= 15 is 0 Å². The quantitative estimate of drug-likeness (QED) is 0.263. The number of nitrogens with zero attached hydrogens (tertiary/aromatic N) is 2. The van der Waals surface area contributed by atoms with Crippen molar-refractivity contribution in [3.8, 4) is 0 Å². The van der Waals surface area contributed by atoms with Gasteiger partial charge in [0.15, 0.2) is 5.69 Å². The van der Waals surface area contributed by atoms with Crippen LogP contribution in [0.15, 0.2) is 109 Å². The van der Waals surface area contributed by atoms with Crippen LogP contribution < -0.4 is 10.6 Å². The minimum Gasteiger partial charge on any atom is -0.355 e. The van der Waals surface area contributed by atoms with Crippen LogP contribution in [0.3, 0.4) is 0 Å². The van der Waals surface area contributed by atoms with Crippen molar-refractivity contribution in [3.05, 3.63) is 137 Å². The third-order valence-electron chi connectivity index (χ3n) is 5.74. The fraction of sp³-hybridized carbons (Fsp3) is 0.0333. The van der Waals surface area contributed by atoms with Gasteiger partial charge in [-0.1, -0.05) is 48.5 Å². The zero-order chi connectivity index (χ0) is 24.0. The molecular weight excluding hydrogens is 432 g/mol. The first kappa shape index (κ1) is 21.9. The Morgan fingerprint density at radius 1 is 0.800 bits per heavy atom. The molecule has 0 aliphatic carbocycles. The molecule has 0 unspecified atom stereocenters. The second kappa shape index (κ2) is 9.90. The summed E-state index contributed by atoms with van der Waals surface area (Å²) < 4.78 is 0. The molecule has 0 saturated carbocycles. The summed E-state index contributed by atoms with van der Waals surface area (Å²) in [4.78, 5) is 20.6. The summed E-state index contributed by atoms with van der Waals surface area (Å²) in [5.74, 6) is -0.164. The lowest BCUT2D eigenvalue weighted by atomic mass is 10.0. The number of amides is 1. The van der Waals surface area contributed by atoms with E-state index in [1.54, 1.807) is 24.4 Å². The number of hydrogen-bond acceptors (Lipinski definition) is 3. The zero-order valence-electron chi connectivity index (χ0n) is 18.9. The summed E-state index contributed by atoms with van der Waals surface area (Å²) in [6.45, 7) is 7.26. The summed E-state index contributed by atoms with van der Waals surface area (Å²) in [5.41, 5.74) is 6.84. The Hall–Kier alpha value is -4.95. The molecule has 5 aromatic rings. The van der Waals surface area contributed by atoms with Gasteiger partial charge in [-0.2, -0.15) is 0 Å². The van der Waals surface area contributed by atoms with Crippen molar-refractivity contribution < 1.29 is 4.79 Å². The molecule has 35 heavy (non-hydrogen) atoms. The van der Waals surface area contributed by atoms with Gasteiger partial charge in [0.2, 0.25) is 0 Å². The van der Waals surface area contributed by atoms with Gasteiger partial charge in [-0.3, -0.25) is 9.78 Å². The Kier molecular flexibility index (Phi) is 6.19. The molecule has 0 aliphatic rings. The third-order valence-corrected chi connectivity index (χ3v) is 5.74. The van der Waals surface area contributed by atoms with Crippen LogP contribution in [0.1, 0.15) is 21.5 Å². The summed E-state index contributed by atoms with van der Waals surface area (Å²) in [6, 6.07) is 32.8. The second-order valence-electron chi connectivity index (χ2n) is 8.19. The molecule has 1 amide bonds. The van der Waals surface area contributed by atoms with Crippen molar-refractivity contribution in [2.75, 3.05) is 10.6 Å². The molecule has 168 valence electrons. The lowest BCUT2D eigenvalue weighted by Gasteiger charge is -2.11. The van der Waals surface area contributed by atoms with Gasteiger partial charge in [0.1, 0.15) is 0 Å². The van der Waals surface area contributed by atoms with Crippen LogP contribution in [0.5, 0.6) is 0 Å². The van der Waals surface area contributed by atoms with Crippen molar-refractivity contribution in [1.82, 2.24) is 4.98 Å². The zero-order valence-corrected chi connectivity index (χ0v) is 18.9. The van der Waals surface area contributed by atoms with Gasteiger partial charge in [-0.15, -0.1) is 0 Å². The van der Waals surface area contributed by atoms with Crippen LogP contribution in [0, 0.1) is 6.57 Å². The Labute approximate surface area is 203 Å². The number of pyridine rings is 1. The maximum absolute atomic E-state index is 12.7. The smallest absolute Gasteiger partial charge is 0.255 e. The van der Waals surface area contributed by atoms with Crippen LogP contribution in [-0.2, 0) is 6.42 Å². The van der Waals surface area contributed by atoms with Crippen molar-refractivity contribution in [3.63, 3.8) is 0 Å². The normalized spacial score (nSPS) is 10.5. The molecule has 0 atom stereocenters. The van der Waals surface area contributed by atoms with Gasteiger partial charge in [0.05, 0.1) is 12.1 Å². The highest BCUT2D eigenvalue weighted by Crippen LogP contribution is 2.28. The molecule has 2 N–H and O–H groups in total. The summed E-state index contributed by atoms with van der Waals surface area (Å²) in [5, 5.41) is 7.20. The summed E-state index contributed by atoms with van der Waals surface area (Å²) in [6.07, 6.45) is 2.59. The number of aromatic nitrogens is 1. The molecule has 0 saturated heterocycles. The first-order valence-electron chi connectivity index (χ1n) is 11.3. The molecule has 4 aromatic carbocycles. The number of fused-ring (bicyclic) bond motifs is 1. The Balaban J connectivity index is 1.25. The first-order chi connectivity index (χ1) is 17.2. The van der Waals surface area contributed by atoms with Gasteiger partial charge < -0.3 is 10.6 Å². The van der Waals surface area contributed by atoms with E-state index in [2.05, 4.69) is 32.6 Å². The fourth-order valence-corrected chi connectivity index (χ4v) is 3.91. The highest BCUT2D eigenvalue weighted by molar-refractivity contribution is 6.04.